The topological polar surface area (TPSA) is 31.6 Å². The molecule has 0 aromatic carbocycles. The summed E-state index contributed by atoms with van der Waals surface area (Å²) in [6.45, 7) is 0. The molecule has 0 aliphatic heterocycles. The second kappa shape index (κ2) is 7.02. The Morgan fingerprint density at radius 2 is 0.818 bits per heavy atom. The summed E-state index contributed by atoms with van der Waals surface area (Å²) in [5.74, 6) is 0. The molecule has 2 heterocycles. The lowest BCUT2D eigenvalue weighted by Crippen LogP contribution is -1.38. The number of H-pyrrole nitrogens is 2. The Morgan fingerprint density at radius 1 is 0.545 bits per heavy atom. The van der Waals surface area contributed by atoms with E-state index < -0.39 is 0 Å². The lowest BCUT2D eigenvalue weighted by molar-refractivity contribution is 1.41. The van der Waals surface area contributed by atoms with Crippen molar-refractivity contribution in [1.82, 2.24) is 9.97 Å². The summed E-state index contributed by atoms with van der Waals surface area (Å²) in [7, 11) is 0. The zero-order valence-electron chi connectivity index (χ0n) is 6.12. The van der Waals surface area contributed by atoms with Crippen LogP contribution in [0, 0.1) is 0 Å². The molecule has 3 heteroatoms. The predicted molar refractivity (Wildman–Crippen MR) is 52.0 cm³/mol. The van der Waals surface area contributed by atoms with Crippen LogP contribution in [-0.2, 0) is 0 Å². The minimum Gasteiger partial charge on any atom is -0.368 e. The fourth-order valence-corrected chi connectivity index (χ4v) is 0.556. The maximum absolute atomic E-state index is 2.86. The minimum absolute atomic E-state index is 0. The molecular weight excluding hydrogens is 156 g/mol. The summed E-state index contributed by atoms with van der Waals surface area (Å²) < 4.78 is 0. The van der Waals surface area contributed by atoms with Gasteiger partial charge in [0.15, 0.2) is 0 Å². The Bertz CT molecular complexity index is 151. The van der Waals surface area contributed by atoms with Gasteiger partial charge in [-0.2, -0.15) is 13.5 Å². The third kappa shape index (κ3) is 5.36. The van der Waals surface area contributed by atoms with E-state index in [9.17, 15) is 0 Å². The van der Waals surface area contributed by atoms with Gasteiger partial charge >= 0.3 is 0 Å². The van der Waals surface area contributed by atoms with Gasteiger partial charge in [0.1, 0.15) is 0 Å². The third-order valence-corrected chi connectivity index (χ3v) is 0.992. The molecule has 0 saturated heterocycles. The van der Waals surface area contributed by atoms with E-state index in [1.807, 2.05) is 49.1 Å². The van der Waals surface area contributed by atoms with Crippen LogP contribution >= 0.6 is 13.5 Å². The van der Waals surface area contributed by atoms with Gasteiger partial charge in [-0.25, -0.2) is 0 Å². The zero-order chi connectivity index (χ0) is 7.07. The monoisotopic (exact) mass is 168 g/mol. The fourth-order valence-electron chi connectivity index (χ4n) is 0.556. The highest BCUT2D eigenvalue weighted by atomic mass is 32.1. The molecule has 2 rings (SSSR count). The Kier molecular flexibility index (Phi) is 6.33. The molecule has 2 aromatic rings. The standard InChI is InChI=1S/2C4H5N.H2S/c2*1-2-4-5-3-1;/h2*1-5H;1H2. The molecule has 0 amide bonds. The Morgan fingerprint density at radius 3 is 0.909 bits per heavy atom. The Labute approximate surface area is 73.1 Å². The van der Waals surface area contributed by atoms with E-state index in [1.54, 1.807) is 0 Å². The normalized spacial score (nSPS) is 7.27. The molecule has 0 radical (unpaired) electrons. The molecule has 0 fully saturated rings. The van der Waals surface area contributed by atoms with Crippen LogP contribution in [0.4, 0.5) is 0 Å². The summed E-state index contributed by atoms with van der Waals surface area (Å²) in [6, 6.07) is 7.78. The maximum Gasteiger partial charge on any atom is 0.000496 e. The molecule has 0 spiro atoms. The van der Waals surface area contributed by atoms with Crippen molar-refractivity contribution in [2.75, 3.05) is 0 Å². The van der Waals surface area contributed by atoms with E-state index in [-0.39, 0.29) is 13.5 Å². The molecule has 2 N–H and O–H groups in total. The van der Waals surface area contributed by atoms with Crippen LogP contribution in [0.3, 0.4) is 0 Å². The number of hydrogen-bond donors (Lipinski definition) is 2. The fraction of sp³-hybridized carbons (Fsp3) is 0. The van der Waals surface area contributed by atoms with Crippen LogP contribution in [0.2, 0.25) is 0 Å². The summed E-state index contributed by atoms with van der Waals surface area (Å²) >= 11 is 0. The maximum atomic E-state index is 2.86. The van der Waals surface area contributed by atoms with Gasteiger partial charge in [-0.05, 0) is 24.3 Å². The molecule has 0 unspecified atom stereocenters. The van der Waals surface area contributed by atoms with Crippen LogP contribution in [0.25, 0.3) is 0 Å². The molecule has 0 atom stereocenters. The second-order valence-corrected chi connectivity index (χ2v) is 1.77. The van der Waals surface area contributed by atoms with E-state index in [4.69, 9.17) is 0 Å². The molecular formula is C8H12N2S. The van der Waals surface area contributed by atoms with Crippen LogP contribution in [0.5, 0.6) is 0 Å². The largest absolute Gasteiger partial charge is 0.368 e. The van der Waals surface area contributed by atoms with Crippen molar-refractivity contribution in [1.29, 1.82) is 0 Å². The van der Waals surface area contributed by atoms with Gasteiger partial charge in [0, 0.05) is 24.8 Å². The van der Waals surface area contributed by atoms with E-state index in [1.165, 1.54) is 0 Å². The molecule has 0 aliphatic rings. The van der Waals surface area contributed by atoms with Crippen LogP contribution < -0.4 is 0 Å². The third-order valence-electron chi connectivity index (χ3n) is 0.992. The molecule has 0 bridgehead atoms. The first-order valence-corrected chi connectivity index (χ1v) is 3.15. The number of aromatic nitrogens is 2. The lowest BCUT2D eigenvalue weighted by atomic mass is 10.7. The number of nitrogens with one attached hydrogen (secondary N) is 2. The highest BCUT2D eigenvalue weighted by Crippen LogP contribution is 1.72. The van der Waals surface area contributed by atoms with E-state index in [0.717, 1.165) is 0 Å². The van der Waals surface area contributed by atoms with Gasteiger partial charge in [-0.3, -0.25) is 0 Å². The van der Waals surface area contributed by atoms with Crippen molar-refractivity contribution in [3.05, 3.63) is 49.1 Å². The number of rotatable bonds is 0. The first-order valence-electron chi connectivity index (χ1n) is 3.15. The average Bonchev–Trinajstić information content (AvgIpc) is 2.67. The van der Waals surface area contributed by atoms with Crippen molar-refractivity contribution in [3.63, 3.8) is 0 Å². The molecule has 2 nitrogen and oxygen atoms in total. The highest BCUT2D eigenvalue weighted by Gasteiger charge is 1.56. The molecule has 2 aromatic heterocycles. The average molecular weight is 168 g/mol. The van der Waals surface area contributed by atoms with Crippen molar-refractivity contribution in [2.24, 2.45) is 0 Å². The first kappa shape index (κ1) is 9.91. The zero-order valence-corrected chi connectivity index (χ0v) is 7.12. The summed E-state index contributed by atoms with van der Waals surface area (Å²) in [4.78, 5) is 5.72. The minimum atomic E-state index is 0. The van der Waals surface area contributed by atoms with E-state index in [0.29, 0.717) is 0 Å². The molecule has 11 heavy (non-hydrogen) atoms. The van der Waals surface area contributed by atoms with Gasteiger partial charge < -0.3 is 9.97 Å². The summed E-state index contributed by atoms with van der Waals surface area (Å²) in [5, 5.41) is 0. The highest BCUT2D eigenvalue weighted by molar-refractivity contribution is 7.59. The first-order chi connectivity index (χ1) is 5.00. The van der Waals surface area contributed by atoms with Crippen molar-refractivity contribution in [3.8, 4) is 0 Å². The lowest BCUT2D eigenvalue weighted by Gasteiger charge is -1.49. The van der Waals surface area contributed by atoms with Crippen LogP contribution in [0.1, 0.15) is 0 Å². The Balaban J connectivity index is 0.000000167. The van der Waals surface area contributed by atoms with Crippen LogP contribution in [0.15, 0.2) is 49.1 Å². The van der Waals surface area contributed by atoms with Gasteiger partial charge in [-0.15, -0.1) is 0 Å². The van der Waals surface area contributed by atoms with Gasteiger partial charge in [0.2, 0.25) is 0 Å². The smallest absolute Gasteiger partial charge is 0.000496 e. The molecule has 0 aliphatic carbocycles. The number of aromatic amines is 2. The van der Waals surface area contributed by atoms with Crippen molar-refractivity contribution >= 4 is 13.5 Å². The van der Waals surface area contributed by atoms with E-state index >= 15 is 0 Å². The van der Waals surface area contributed by atoms with E-state index in [2.05, 4.69) is 9.97 Å². The van der Waals surface area contributed by atoms with Gasteiger partial charge in [-0.1, -0.05) is 0 Å². The van der Waals surface area contributed by atoms with Crippen molar-refractivity contribution in [2.45, 2.75) is 0 Å². The second-order valence-electron chi connectivity index (χ2n) is 1.77. The number of hydrogen-bond acceptors (Lipinski definition) is 0. The van der Waals surface area contributed by atoms with Gasteiger partial charge in [0.25, 0.3) is 0 Å². The SMILES string of the molecule is S.c1cc[nH]c1.c1cc[nH]c1. The molecule has 0 saturated carbocycles. The van der Waals surface area contributed by atoms with Gasteiger partial charge in [0.05, 0.1) is 0 Å². The van der Waals surface area contributed by atoms with Crippen LogP contribution in [-0.4, -0.2) is 9.97 Å². The quantitative estimate of drug-likeness (QED) is 0.604. The summed E-state index contributed by atoms with van der Waals surface area (Å²) in [5.41, 5.74) is 0. The predicted octanol–water partition coefficient (Wildman–Crippen LogP) is 2.14. The van der Waals surface area contributed by atoms with Crippen molar-refractivity contribution < 1.29 is 0 Å². The Hall–Kier alpha value is -1.09. The summed E-state index contributed by atoms with van der Waals surface area (Å²) in [6.07, 6.45) is 7.50. The molecule has 60 valence electrons.